The number of carboxylic acid groups (broad SMARTS) is 1. The minimum Gasteiger partial charge on any atom is -0.487 e. The van der Waals surface area contributed by atoms with Gasteiger partial charge >= 0.3 is 12.0 Å². The summed E-state index contributed by atoms with van der Waals surface area (Å²) < 4.78 is 5.70. The molecule has 1 aliphatic heterocycles. The topological polar surface area (TPSA) is 113 Å². The average molecular weight is 491 g/mol. The second-order valence-corrected chi connectivity index (χ2v) is 8.18. The van der Waals surface area contributed by atoms with Gasteiger partial charge in [0.05, 0.1) is 16.3 Å². The van der Waals surface area contributed by atoms with Crippen LogP contribution in [-0.2, 0) is 16.2 Å². The van der Waals surface area contributed by atoms with Gasteiger partial charge in [0.15, 0.2) is 0 Å². The fourth-order valence-electron chi connectivity index (χ4n) is 3.43. The summed E-state index contributed by atoms with van der Waals surface area (Å²) in [6.45, 7) is 1.97. The number of carbonyl (C=O) groups is 4. The summed E-state index contributed by atoms with van der Waals surface area (Å²) >= 11 is 6.33. The molecule has 0 radical (unpaired) electrons. The zero-order chi connectivity index (χ0) is 25.1. The van der Waals surface area contributed by atoms with Gasteiger partial charge in [-0.05, 0) is 60.5 Å². The number of aryl methyl sites for hydroxylation is 1. The molecule has 0 aromatic heterocycles. The molecule has 1 fully saturated rings. The average Bonchev–Trinajstić information content (AvgIpc) is 2.82. The second-order valence-electron chi connectivity index (χ2n) is 7.78. The van der Waals surface area contributed by atoms with E-state index in [9.17, 15) is 19.2 Å². The van der Waals surface area contributed by atoms with Crippen molar-refractivity contribution in [3.63, 3.8) is 0 Å². The largest absolute Gasteiger partial charge is 0.487 e. The Bertz CT molecular complexity index is 1380. The molecule has 0 saturated carbocycles. The number of rotatable bonds is 6. The van der Waals surface area contributed by atoms with E-state index in [1.165, 1.54) is 24.3 Å². The van der Waals surface area contributed by atoms with E-state index < -0.39 is 23.8 Å². The maximum Gasteiger partial charge on any atom is 0.335 e. The van der Waals surface area contributed by atoms with Gasteiger partial charge in [0.1, 0.15) is 17.9 Å². The van der Waals surface area contributed by atoms with E-state index in [4.69, 9.17) is 21.4 Å². The number of urea groups is 1. The molecule has 0 atom stereocenters. The van der Waals surface area contributed by atoms with Crippen LogP contribution in [0, 0.1) is 6.92 Å². The van der Waals surface area contributed by atoms with E-state index in [0.717, 1.165) is 10.5 Å². The summed E-state index contributed by atoms with van der Waals surface area (Å²) in [7, 11) is 0. The molecule has 0 spiro atoms. The Morgan fingerprint density at radius 3 is 2.49 bits per heavy atom. The molecule has 3 aromatic rings. The van der Waals surface area contributed by atoms with Crippen LogP contribution in [0.5, 0.6) is 5.75 Å². The molecule has 8 nitrogen and oxygen atoms in total. The monoisotopic (exact) mass is 490 g/mol. The molecule has 0 unspecified atom stereocenters. The molecule has 176 valence electrons. The predicted molar refractivity (Wildman–Crippen MR) is 129 cm³/mol. The van der Waals surface area contributed by atoms with E-state index in [1.54, 1.807) is 48.5 Å². The van der Waals surface area contributed by atoms with Crippen molar-refractivity contribution in [2.75, 3.05) is 4.90 Å². The number of nitrogens with zero attached hydrogens (tertiary/aromatic N) is 1. The summed E-state index contributed by atoms with van der Waals surface area (Å²) in [5.74, 6) is -2.26. The van der Waals surface area contributed by atoms with Crippen LogP contribution in [-0.4, -0.2) is 28.9 Å². The number of hydrogen-bond acceptors (Lipinski definition) is 5. The number of barbiturate groups is 1. The quantitative estimate of drug-likeness (QED) is 0.386. The second kappa shape index (κ2) is 9.82. The molecular formula is C26H19ClN2O6. The first-order valence-corrected chi connectivity index (χ1v) is 10.8. The summed E-state index contributed by atoms with van der Waals surface area (Å²) in [4.78, 5) is 49.7. The number of imide groups is 2. The van der Waals surface area contributed by atoms with Gasteiger partial charge in [-0.15, -0.1) is 0 Å². The van der Waals surface area contributed by atoms with Crippen molar-refractivity contribution in [2.24, 2.45) is 0 Å². The lowest BCUT2D eigenvalue weighted by molar-refractivity contribution is -0.122. The highest BCUT2D eigenvalue weighted by atomic mass is 35.5. The van der Waals surface area contributed by atoms with Gasteiger partial charge < -0.3 is 9.84 Å². The molecule has 35 heavy (non-hydrogen) atoms. The molecule has 0 aliphatic carbocycles. The van der Waals surface area contributed by atoms with Gasteiger partial charge in [0, 0.05) is 0 Å². The molecule has 2 N–H and O–H groups in total. The summed E-state index contributed by atoms with van der Waals surface area (Å²) in [6.07, 6.45) is 1.34. The molecular weight excluding hydrogens is 472 g/mol. The fourth-order valence-corrected chi connectivity index (χ4v) is 3.68. The van der Waals surface area contributed by atoms with Crippen LogP contribution in [0.4, 0.5) is 10.5 Å². The maximum atomic E-state index is 13.0. The highest BCUT2D eigenvalue weighted by molar-refractivity contribution is 6.39. The standard InChI is InChI=1S/C26H19ClN2O6/c1-15-5-8-19(9-6-15)29-24(31)20(23(30)28-26(29)34)12-16-7-10-22(21(27)13-16)35-14-17-3-2-4-18(11-17)25(32)33/h2-13H,14H2,1H3,(H,32,33)(H,28,30,34). The molecule has 1 saturated heterocycles. The lowest BCUT2D eigenvalue weighted by Crippen LogP contribution is -2.54. The van der Waals surface area contributed by atoms with Crippen molar-refractivity contribution in [1.82, 2.24) is 5.32 Å². The number of aromatic carboxylic acids is 1. The van der Waals surface area contributed by atoms with Gasteiger partial charge in [-0.25, -0.2) is 14.5 Å². The van der Waals surface area contributed by atoms with Crippen molar-refractivity contribution in [3.8, 4) is 5.75 Å². The minimum atomic E-state index is -1.04. The lowest BCUT2D eigenvalue weighted by Gasteiger charge is -2.26. The first kappa shape index (κ1) is 23.7. The number of nitrogens with one attached hydrogen (secondary N) is 1. The number of anilines is 1. The van der Waals surface area contributed by atoms with E-state index >= 15 is 0 Å². The third kappa shape index (κ3) is 5.23. The van der Waals surface area contributed by atoms with Gasteiger partial charge in [-0.3, -0.25) is 14.9 Å². The smallest absolute Gasteiger partial charge is 0.335 e. The van der Waals surface area contributed by atoms with Crippen molar-refractivity contribution >= 4 is 47.2 Å². The van der Waals surface area contributed by atoms with Crippen LogP contribution in [0.3, 0.4) is 0 Å². The fraction of sp³-hybridized carbons (Fsp3) is 0.0769. The Morgan fingerprint density at radius 1 is 1.06 bits per heavy atom. The number of halogens is 1. The third-order valence-corrected chi connectivity index (χ3v) is 5.52. The Balaban J connectivity index is 1.54. The Kier molecular flexibility index (Phi) is 6.66. The Morgan fingerprint density at radius 2 is 1.80 bits per heavy atom. The summed E-state index contributed by atoms with van der Waals surface area (Å²) in [5, 5.41) is 11.5. The van der Waals surface area contributed by atoms with Crippen molar-refractivity contribution in [2.45, 2.75) is 13.5 Å². The third-order valence-electron chi connectivity index (χ3n) is 5.23. The maximum absolute atomic E-state index is 13.0. The normalized spacial score (nSPS) is 14.7. The van der Waals surface area contributed by atoms with Crippen LogP contribution < -0.4 is 15.0 Å². The molecule has 4 amide bonds. The zero-order valence-corrected chi connectivity index (χ0v) is 19.2. The Hall–Kier alpha value is -4.43. The first-order chi connectivity index (χ1) is 16.7. The number of carbonyl (C=O) groups excluding carboxylic acids is 3. The number of amides is 4. The van der Waals surface area contributed by atoms with Crippen LogP contribution >= 0.6 is 11.6 Å². The van der Waals surface area contributed by atoms with Crippen LogP contribution in [0.25, 0.3) is 6.08 Å². The van der Waals surface area contributed by atoms with Crippen molar-refractivity contribution in [3.05, 3.63) is 99.6 Å². The number of carboxylic acids is 1. The van der Waals surface area contributed by atoms with E-state index in [0.29, 0.717) is 22.6 Å². The number of hydrogen-bond donors (Lipinski definition) is 2. The van der Waals surface area contributed by atoms with Gasteiger partial charge in [0.2, 0.25) is 0 Å². The highest BCUT2D eigenvalue weighted by Crippen LogP contribution is 2.28. The molecule has 3 aromatic carbocycles. The summed E-state index contributed by atoms with van der Waals surface area (Å²) in [5.41, 5.74) is 2.32. The summed E-state index contributed by atoms with van der Waals surface area (Å²) in [6, 6.07) is 17.0. The highest BCUT2D eigenvalue weighted by Gasteiger charge is 2.36. The number of benzene rings is 3. The predicted octanol–water partition coefficient (Wildman–Crippen LogP) is 4.59. The van der Waals surface area contributed by atoms with Gasteiger partial charge in [0.25, 0.3) is 11.8 Å². The van der Waals surface area contributed by atoms with Crippen LogP contribution in [0.1, 0.15) is 27.0 Å². The number of ether oxygens (including phenoxy) is 1. The molecule has 1 heterocycles. The SMILES string of the molecule is Cc1ccc(N2C(=O)NC(=O)C(=Cc3ccc(OCc4cccc(C(=O)O)c4)c(Cl)c3)C2=O)cc1. The van der Waals surface area contributed by atoms with Crippen LogP contribution in [0.2, 0.25) is 5.02 Å². The van der Waals surface area contributed by atoms with E-state index in [-0.39, 0.29) is 22.8 Å². The Labute approximate surface area is 205 Å². The van der Waals surface area contributed by atoms with Crippen LogP contribution in [0.15, 0.2) is 72.3 Å². The van der Waals surface area contributed by atoms with Gasteiger partial charge in [-0.1, -0.05) is 47.5 Å². The lowest BCUT2D eigenvalue weighted by atomic mass is 10.1. The first-order valence-electron chi connectivity index (χ1n) is 10.5. The zero-order valence-electron chi connectivity index (χ0n) is 18.4. The minimum absolute atomic E-state index is 0.0930. The van der Waals surface area contributed by atoms with Crippen molar-refractivity contribution in [1.29, 1.82) is 0 Å². The molecule has 4 rings (SSSR count). The van der Waals surface area contributed by atoms with E-state index in [1.807, 2.05) is 6.92 Å². The molecule has 1 aliphatic rings. The van der Waals surface area contributed by atoms with Gasteiger partial charge in [-0.2, -0.15) is 0 Å². The van der Waals surface area contributed by atoms with E-state index in [2.05, 4.69) is 5.32 Å². The molecule has 9 heteroatoms. The van der Waals surface area contributed by atoms with Crippen molar-refractivity contribution < 1.29 is 29.0 Å². The molecule has 0 bridgehead atoms.